The lowest BCUT2D eigenvalue weighted by Gasteiger charge is -2.36. The molecule has 1 fully saturated rings. The molecule has 1 amide bonds. The van der Waals surface area contributed by atoms with Gasteiger partial charge in [0.2, 0.25) is 0 Å². The number of hydrogen-bond acceptors (Lipinski definition) is 5. The molecule has 0 radical (unpaired) electrons. The number of carbonyl (C=O) groups is 1. The Morgan fingerprint density at radius 1 is 1.00 bits per heavy atom. The molecule has 0 saturated carbocycles. The van der Waals surface area contributed by atoms with Gasteiger partial charge in [0.05, 0.1) is 6.20 Å². The van der Waals surface area contributed by atoms with Crippen LogP contribution >= 0.6 is 0 Å². The first-order valence-electron chi connectivity index (χ1n) is 8.32. The summed E-state index contributed by atoms with van der Waals surface area (Å²) in [6, 6.07) is 15.6. The van der Waals surface area contributed by atoms with Crippen LogP contribution in [0.25, 0.3) is 10.8 Å². The standard InChI is InChI=1S/C19H19N5O/c20-18-17-7-6-16(12-15(17)13-21-22-18)23-8-10-24(11-9-23)19(25)14-4-2-1-3-5-14/h1-7,12-13H,8-11H2,(H2,20,22). The Hall–Kier alpha value is -3.15. The third-order valence-corrected chi connectivity index (χ3v) is 4.63. The third kappa shape index (κ3) is 2.98. The molecule has 126 valence electrons. The number of nitrogens with two attached hydrogens (primary N) is 1. The largest absolute Gasteiger partial charge is 0.382 e. The Labute approximate surface area is 145 Å². The van der Waals surface area contributed by atoms with Crippen LogP contribution in [0.2, 0.25) is 0 Å². The molecular weight excluding hydrogens is 314 g/mol. The lowest BCUT2D eigenvalue weighted by Crippen LogP contribution is -2.48. The number of carbonyl (C=O) groups excluding carboxylic acids is 1. The molecule has 2 aromatic carbocycles. The first-order chi connectivity index (χ1) is 12.2. The maximum atomic E-state index is 12.5. The summed E-state index contributed by atoms with van der Waals surface area (Å²) in [5.74, 6) is 0.545. The van der Waals surface area contributed by atoms with E-state index < -0.39 is 0 Å². The minimum Gasteiger partial charge on any atom is -0.382 e. The van der Waals surface area contributed by atoms with Gasteiger partial charge in [-0.2, -0.15) is 5.10 Å². The van der Waals surface area contributed by atoms with Gasteiger partial charge in [-0.05, 0) is 30.3 Å². The second kappa shape index (κ2) is 6.39. The fraction of sp³-hybridized carbons (Fsp3) is 0.211. The molecule has 2 N–H and O–H groups in total. The van der Waals surface area contributed by atoms with Crippen LogP contribution < -0.4 is 10.6 Å². The van der Waals surface area contributed by atoms with E-state index in [-0.39, 0.29) is 5.91 Å². The van der Waals surface area contributed by atoms with Crippen LogP contribution in [-0.4, -0.2) is 47.2 Å². The Bertz CT molecular complexity index is 904. The SMILES string of the molecule is Nc1nncc2cc(N3CCN(C(=O)c4ccccc4)CC3)ccc12. The molecule has 3 aromatic rings. The average Bonchev–Trinajstić information content (AvgIpc) is 2.68. The van der Waals surface area contributed by atoms with Crippen molar-refractivity contribution in [3.63, 3.8) is 0 Å². The summed E-state index contributed by atoms with van der Waals surface area (Å²) in [6.45, 7) is 3.03. The first-order valence-corrected chi connectivity index (χ1v) is 8.32. The van der Waals surface area contributed by atoms with Crippen molar-refractivity contribution in [1.29, 1.82) is 0 Å². The van der Waals surface area contributed by atoms with E-state index in [4.69, 9.17) is 5.73 Å². The fourth-order valence-corrected chi connectivity index (χ4v) is 3.23. The van der Waals surface area contributed by atoms with Crippen LogP contribution in [0.15, 0.2) is 54.7 Å². The van der Waals surface area contributed by atoms with Crippen molar-refractivity contribution in [3.05, 3.63) is 60.3 Å². The lowest BCUT2D eigenvalue weighted by atomic mass is 10.1. The Balaban J connectivity index is 1.48. The summed E-state index contributed by atoms with van der Waals surface area (Å²) in [4.78, 5) is 16.7. The van der Waals surface area contributed by atoms with Crippen LogP contribution in [0.3, 0.4) is 0 Å². The second-order valence-electron chi connectivity index (χ2n) is 6.15. The highest BCUT2D eigenvalue weighted by molar-refractivity contribution is 5.94. The van der Waals surface area contributed by atoms with E-state index in [0.717, 1.165) is 35.1 Å². The van der Waals surface area contributed by atoms with E-state index in [1.54, 1.807) is 6.20 Å². The van der Waals surface area contributed by atoms with Gasteiger partial charge in [0.15, 0.2) is 5.82 Å². The molecule has 6 heteroatoms. The van der Waals surface area contributed by atoms with Crippen LogP contribution in [0, 0.1) is 0 Å². The lowest BCUT2D eigenvalue weighted by molar-refractivity contribution is 0.0747. The molecule has 2 heterocycles. The number of rotatable bonds is 2. The zero-order valence-corrected chi connectivity index (χ0v) is 13.8. The molecule has 0 spiro atoms. The number of benzene rings is 2. The van der Waals surface area contributed by atoms with Gasteiger partial charge in [0, 0.05) is 48.2 Å². The van der Waals surface area contributed by atoms with Crippen molar-refractivity contribution >= 4 is 28.2 Å². The van der Waals surface area contributed by atoms with Crippen LogP contribution in [0.5, 0.6) is 0 Å². The highest BCUT2D eigenvalue weighted by Crippen LogP contribution is 2.25. The normalized spacial score (nSPS) is 14.7. The summed E-state index contributed by atoms with van der Waals surface area (Å²) in [6.07, 6.45) is 1.73. The maximum absolute atomic E-state index is 12.5. The molecular formula is C19H19N5O. The molecule has 1 aliphatic rings. The fourth-order valence-electron chi connectivity index (χ4n) is 3.23. The van der Waals surface area contributed by atoms with Crippen LogP contribution in [-0.2, 0) is 0 Å². The highest BCUT2D eigenvalue weighted by Gasteiger charge is 2.22. The third-order valence-electron chi connectivity index (χ3n) is 4.63. The average molecular weight is 333 g/mol. The Morgan fingerprint density at radius 3 is 2.52 bits per heavy atom. The Morgan fingerprint density at radius 2 is 1.76 bits per heavy atom. The molecule has 6 nitrogen and oxygen atoms in total. The monoisotopic (exact) mass is 333 g/mol. The highest BCUT2D eigenvalue weighted by atomic mass is 16.2. The zero-order valence-electron chi connectivity index (χ0n) is 13.8. The summed E-state index contributed by atoms with van der Waals surface area (Å²) < 4.78 is 0. The van der Waals surface area contributed by atoms with E-state index in [9.17, 15) is 4.79 Å². The predicted molar refractivity (Wildman–Crippen MR) is 98.5 cm³/mol. The van der Waals surface area contributed by atoms with Gasteiger partial charge in [-0.1, -0.05) is 18.2 Å². The van der Waals surface area contributed by atoms with E-state index in [2.05, 4.69) is 27.2 Å². The Kier molecular flexibility index (Phi) is 3.93. The second-order valence-corrected chi connectivity index (χ2v) is 6.15. The van der Waals surface area contributed by atoms with Gasteiger partial charge in [-0.25, -0.2) is 0 Å². The van der Waals surface area contributed by atoms with Gasteiger partial charge in [-0.3, -0.25) is 4.79 Å². The van der Waals surface area contributed by atoms with Crippen molar-refractivity contribution in [2.45, 2.75) is 0 Å². The van der Waals surface area contributed by atoms with E-state index in [1.807, 2.05) is 41.3 Å². The molecule has 1 saturated heterocycles. The van der Waals surface area contributed by atoms with Crippen molar-refractivity contribution in [1.82, 2.24) is 15.1 Å². The molecule has 1 aliphatic heterocycles. The topological polar surface area (TPSA) is 75.3 Å². The molecule has 25 heavy (non-hydrogen) atoms. The number of piperazine rings is 1. The number of aromatic nitrogens is 2. The quantitative estimate of drug-likeness (QED) is 0.778. The van der Waals surface area contributed by atoms with Crippen molar-refractivity contribution < 1.29 is 4.79 Å². The summed E-state index contributed by atoms with van der Waals surface area (Å²) in [7, 11) is 0. The summed E-state index contributed by atoms with van der Waals surface area (Å²) >= 11 is 0. The van der Waals surface area contributed by atoms with Gasteiger partial charge in [0.25, 0.3) is 5.91 Å². The van der Waals surface area contributed by atoms with Gasteiger partial charge >= 0.3 is 0 Å². The zero-order chi connectivity index (χ0) is 17.2. The molecule has 0 atom stereocenters. The van der Waals surface area contributed by atoms with E-state index in [1.165, 1.54) is 0 Å². The van der Waals surface area contributed by atoms with Gasteiger partial charge in [0.1, 0.15) is 0 Å². The maximum Gasteiger partial charge on any atom is 0.253 e. The number of nitrogen functional groups attached to an aromatic ring is 1. The first kappa shape index (κ1) is 15.4. The van der Waals surface area contributed by atoms with Crippen molar-refractivity contribution in [2.24, 2.45) is 0 Å². The van der Waals surface area contributed by atoms with Crippen LogP contribution in [0.4, 0.5) is 11.5 Å². The number of hydrogen-bond donors (Lipinski definition) is 1. The van der Waals surface area contributed by atoms with E-state index >= 15 is 0 Å². The molecule has 0 unspecified atom stereocenters. The van der Waals surface area contributed by atoms with Crippen molar-refractivity contribution in [2.75, 3.05) is 36.8 Å². The van der Waals surface area contributed by atoms with E-state index in [0.29, 0.717) is 18.9 Å². The predicted octanol–water partition coefficient (Wildman–Crippen LogP) is 2.17. The molecule has 4 rings (SSSR count). The summed E-state index contributed by atoms with van der Waals surface area (Å²) in [5, 5.41) is 9.69. The smallest absolute Gasteiger partial charge is 0.253 e. The minimum absolute atomic E-state index is 0.0989. The number of anilines is 2. The van der Waals surface area contributed by atoms with Gasteiger partial charge < -0.3 is 15.5 Å². The van der Waals surface area contributed by atoms with Crippen molar-refractivity contribution in [3.8, 4) is 0 Å². The molecule has 0 aliphatic carbocycles. The summed E-state index contributed by atoms with van der Waals surface area (Å²) in [5.41, 5.74) is 7.72. The van der Waals surface area contributed by atoms with Crippen LogP contribution in [0.1, 0.15) is 10.4 Å². The minimum atomic E-state index is 0.0989. The van der Waals surface area contributed by atoms with Gasteiger partial charge in [-0.15, -0.1) is 5.10 Å². The number of amides is 1. The molecule has 0 bridgehead atoms. The number of fused-ring (bicyclic) bond motifs is 1. The molecule has 1 aromatic heterocycles. The number of nitrogens with zero attached hydrogens (tertiary/aromatic N) is 4.